The van der Waals surface area contributed by atoms with Gasteiger partial charge in [-0.15, -0.1) is 0 Å². The lowest BCUT2D eigenvalue weighted by molar-refractivity contribution is 0.256. The first-order valence-electron chi connectivity index (χ1n) is 8.40. The van der Waals surface area contributed by atoms with E-state index in [1.165, 1.54) is 30.5 Å². The molecule has 2 nitrogen and oxygen atoms in total. The van der Waals surface area contributed by atoms with Crippen LogP contribution in [0.3, 0.4) is 0 Å². The maximum absolute atomic E-state index is 3.46. The van der Waals surface area contributed by atoms with Crippen molar-refractivity contribution in [1.29, 1.82) is 0 Å². The van der Waals surface area contributed by atoms with Crippen molar-refractivity contribution in [2.75, 3.05) is 27.2 Å². The Balaban J connectivity index is 2.63. The summed E-state index contributed by atoms with van der Waals surface area (Å²) in [5.74, 6) is 1.48. The summed E-state index contributed by atoms with van der Waals surface area (Å²) in [4.78, 5) is 2.44. The van der Waals surface area contributed by atoms with Crippen LogP contribution in [0.2, 0.25) is 0 Å². The number of hydrogen-bond donors (Lipinski definition) is 1. The molecule has 0 aliphatic heterocycles. The Bertz CT molecular complexity index is 383. The molecule has 2 heteroatoms. The summed E-state index contributed by atoms with van der Waals surface area (Å²) in [5.41, 5.74) is 2.83. The van der Waals surface area contributed by atoms with Crippen LogP contribution in [-0.4, -0.2) is 32.1 Å². The first-order chi connectivity index (χ1) is 9.96. The molecular weight excluding hydrogens is 256 g/mol. The third-order valence-corrected chi connectivity index (χ3v) is 4.19. The highest BCUT2D eigenvalue weighted by Crippen LogP contribution is 2.17. The molecule has 21 heavy (non-hydrogen) atoms. The van der Waals surface area contributed by atoms with Crippen molar-refractivity contribution < 1.29 is 0 Å². The minimum absolute atomic E-state index is 0.409. The number of rotatable bonds is 9. The monoisotopic (exact) mass is 290 g/mol. The lowest BCUT2D eigenvalue weighted by Crippen LogP contribution is -2.33. The fraction of sp³-hybridized carbons (Fsp3) is 0.684. The predicted octanol–water partition coefficient (Wildman–Crippen LogP) is 4.12. The average molecular weight is 290 g/mol. The van der Waals surface area contributed by atoms with Gasteiger partial charge in [-0.1, -0.05) is 58.4 Å². The fourth-order valence-electron chi connectivity index (χ4n) is 2.77. The summed E-state index contributed by atoms with van der Waals surface area (Å²) in [5, 5.41) is 3.46. The molecule has 1 N–H and O–H groups in total. The molecule has 0 fully saturated rings. The van der Waals surface area contributed by atoms with Gasteiger partial charge >= 0.3 is 0 Å². The van der Waals surface area contributed by atoms with Gasteiger partial charge in [-0.05, 0) is 43.5 Å². The van der Waals surface area contributed by atoms with Crippen molar-refractivity contribution in [3.8, 4) is 0 Å². The molecule has 0 saturated carbocycles. The van der Waals surface area contributed by atoms with Gasteiger partial charge in [0.05, 0.1) is 0 Å². The predicted molar refractivity (Wildman–Crippen MR) is 93.7 cm³/mol. The molecular formula is C19H34N2. The molecule has 0 spiro atoms. The molecule has 0 aliphatic rings. The second kappa shape index (κ2) is 9.22. The molecule has 1 aromatic carbocycles. The Morgan fingerprint density at radius 3 is 2.14 bits per heavy atom. The van der Waals surface area contributed by atoms with Crippen LogP contribution in [0.5, 0.6) is 0 Å². The molecule has 0 heterocycles. The minimum Gasteiger partial charge on any atom is -0.312 e. The fourth-order valence-corrected chi connectivity index (χ4v) is 2.77. The largest absolute Gasteiger partial charge is 0.312 e. The van der Waals surface area contributed by atoms with Crippen LogP contribution in [0.25, 0.3) is 0 Å². The zero-order chi connectivity index (χ0) is 15.8. The van der Waals surface area contributed by atoms with Crippen molar-refractivity contribution in [3.63, 3.8) is 0 Å². The summed E-state index contributed by atoms with van der Waals surface area (Å²) in [7, 11) is 4.29. The Morgan fingerprint density at radius 2 is 1.67 bits per heavy atom. The van der Waals surface area contributed by atoms with Crippen LogP contribution >= 0.6 is 0 Å². The van der Waals surface area contributed by atoms with Crippen molar-refractivity contribution in [1.82, 2.24) is 10.2 Å². The topological polar surface area (TPSA) is 15.3 Å². The van der Waals surface area contributed by atoms with Gasteiger partial charge < -0.3 is 10.2 Å². The summed E-state index contributed by atoms with van der Waals surface area (Å²) < 4.78 is 0. The van der Waals surface area contributed by atoms with Gasteiger partial charge in [-0.2, -0.15) is 0 Å². The molecule has 0 amide bonds. The third kappa shape index (κ3) is 6.62. The van der Waals surface area contributed by atoms with Crippen molar-refractivity contribution in [2.24, 2.45) is 11.8 Å². The summed E-state index contributed by atoms with van der Waals surface area (Å²) >= 11 is 0. The van der Waals surface area contributed by atoms with E-state index >= 15 is 0 Å². The summed E-state index contributed by atoms with van der Waals surface area (Å²) in [6, 6.07) is 9.56. The molecule has 2 atom stereocenters. The Hall–Kier alpha value is -0.860. The second-order valence-electron chi connectivity index (χ2n) is 6.92. The van der Waals surface area contributed by atoms with Crippen LogP contribution in [0.1, 0.15) is 51.3 Å². The van der Waals surface area contributed by atoms with Crippen molar-refractivity contribution in [2.45, 2.75) is 46.6 Å². The highest BCUT2D eigenvalue weighted by molar-refractivity contribution is 5.25. The smallest absolute Gasteiger partial charge is 0.0446 e. The number of nitrogens with zero attached hydrogens (tertiary/aromatic N) is 1. The number of benzene rings is 1. The number of nitrogens with one attached hydrogen (secondary N) is 1. The van der Waals surface area contributed by atoms with Crippen LogP contribution in [0, 0.1) is 11.8 Å². The van der Waals surface area contributed by atoms with E-state index in [9.17, 15) is 0 Å². The lowest BCUT2D eigenvalue weighted by atomic mass is 9.99. The summed E-state index contributed by atoms with van der Waals surface area (Å²) in [6.45, 7) is 11.4. The SMILES string of the molecule is CCC(C)CN(C)CC(NC)c1ccc(CC(C)C)cc1. The van der Waals surface area contributed by atoms with Gasteiger partial charge in [0.25, 0.3) is 0 Å². The van der Waals surface area contributed by atoms with E-state index in [1.54, 1.807) is 0 Å². The maximum Gasteiger partial charge on any atom is 0.0446 e. The van der Waals surface area contributed by atoms with Gasteiger partial charge in [0.1, 0.15) is 0 Å². The number of likely N-dealkylation sites (N-methyl/N-ethyl adjacent to an activating group) is 2. The van der Waals surface area contributed by atoms with E-state index in [4.69, 9.17) is 0 Å². The van der Waals surface area contributed by atoms with Crippen LogP contribution in [0.4, 0.5) is 0 Å². The van der Waals surface area contributed by atoms with Gasteiger partial charge in [-0.3, -0.25) is 0 Å². The first-order valence-corrected chi connectivity index (χ1v) is 8.40. The first kappa shape index (κ1) is 18.2. The zero-order valence-corrected chi connectivity index (χ0v) is 14.8. The molecule has 120 valence electrons. The van der Waals surface area contributed by atoms with Crippen LogP contribution in [0.15, 0.2) is 24.3 Å². The van der Waals surface area contributed by atoms with E-state index in [0.717, 1.165) is 18.4 Å². The zero-order valence-electron chi connectivity index (χ0n) is 14.8. The van der Waals surface area contributed by atoms with E-state index < -0.39 is 0 Å². The Kier molecular flexibility index (Phi) is 7.98. The van der Waals surface area contributed by atoms with E-state index in [1.807, 2.05) is 0 Å². The second-order valence-corrected chi connectivity index (χ2v) is 6.92. The Morgan fingerprint density at radius 1 is 1.05 bits per heavy atom. The normalized spacial score (nSPS) is 14.7. The molecule has 1 aromatic rings. The van der Waals surface area contributed by atoms with Crippen molar-refractivity contribution in [3.05, 3.63) is 35.4 Å². The van der Waals surface area contributed by atoms with Crippen LogP contribution in [-0.2, 0) is 6.42 Å². The van der Waals surface area contributed by atoms with Crippen molar-refractivity contribution >= 4 is 0 Å². The lowest BCUT2D eigenvalue weighted by Gasteiger charge is -2.26. The highest BCUT2D eigenvalue weighted by Gasteiger charge is 2.13. The molecule has 0 aliphatic carbocycles. The standard InChI is InChI=1S/C19H34N2/c1-7-16(4)13-21(6)14-19(20-5)18-10-8-17(9-11-18)12-15(2)3/h8-11,15-16,19-20H,7,12-14H2,1-6H3. The molecule has 1 rings (SSSR count). The maximum atomic E-state index is 3.46. The minimum atomic E-state index is 0.409. The molecule has 0 aromatic heterocycles. The summed E-state index contributed by atoms with van der Waals surface area (Å²) in [6.07, 6.45) is 2.41. The third-order valence-electron chi connectivity index (χ3n) is 4.19. The van der Waals surface area contributed by atoms with E-state index in [0.29, 0.717) is 6.04 Å². The molecule has 0 saturated heterocycles. The van der Waals surface area contributed by atoms with Gasteiger partial charge in [0.15, 0.2) is 0 Å². The molecule has 0 radical (unpaired) electrons. The van der Waals surface area contributed by atoms with Gasteiger partial charge in [0.2, 0.25) is 0 Å². The average Bonchev–Trinajstić information content (AvgIpc) is 2.45. The molecule has 2 unspecified atom stereocenters. The quantitative estimate of drug-likeness (QED) is 0.736. The van der Waals surface area contributed by atoms with Gasteiger partial charge in [-0.25, -0.2) is 0 Å². The van der Waals surface area contributed by atoms with Gasteiger partial charge in [0, 0.05) is 19.1 Å². The Labute approximate surface area is 131 Å². The van der Waals surface area contributed by atoms with E-state index in [-0.39, 0.29) is 0 Å². The number of hydrogen-bond acceptors (Lipinski definition) is 2. The van der Waals surface area contributed by atoms with E-state index in [2.05, 4.69) is 76.3 Å². The highest BCUT2D eigenvalue weighted by atomic mass is 15.1. The van der Waals surface area contributed by atoms with Crippen LogP contribution < -0.4 is 5.32 Å². The molecule has 0 bridgehead atoms.